The minimum absolute atomic E-state index is 0.109. The van der Waals surface area contributed by atoms with E-state index in [0.29, 0.717) is 12.8 Å². The van der Waals surface area contributed by atoms with Crippen molar-refractivity contribution in [2.45, 2.75) is 38.7 Å². The first kappa shape index (κ1) is 9.46. The molecule has 0 spiro atoms. The third-order valence-electron chi connectivity index (χ3n) is 2.86. The minimum Gasteiger partial charge on any atom is -0.382 e. The molecule has 1 rings (SSSR count). The fourth-order valence-electron chi connectivity index (χ4n) is 1.69. The van der Waals surface area contributed by atoms with Gasteiger partial charge in [-0.3, -0.25) is 4.79 Å². The molecule has 1 aliphatic carbocycles. The summed E-state index contributed by atoms with van der Waals surface area (Å²) in [5.74, 6) is 0.162. The molecule has 1 saturated carbocycles. The van der Waals surface area contributed by atoms with Gasteiger partial charge in [-0.1, -0.05) is 19.1 Å². The summed E-state index contributed by atoms with van der Waals surface area (Å²) in [6, 6.07) is 0. The van der Waals surface area contributed by atoms with E-state index in [9.17, 15) is 9.90 Å². The van der Waals surface area contributed by atoms with Gasteiger partial charge in [-0.05, 0) is 32.1 Å². The Morgan fingerprint density at radius 1 is 1.75 bits per heavy atom. The fourth-order valence-corrected chi connectivity index (χ4v) is 1.69. The van der Waals surface area contributed by atoms with Gasteiger partial charge < -0.3 is 5.11 Å². The Balaban J connectivity index is 2.73. The van der Waals surface area contributed by atoms with E-state index in [1.807, 2.05) is 6.92 Å². The molecule has 1 fully saturated rings. The molecule has 68 valence electrons. The molecule has 2 nitrogen and oxygen atoms in total. The molecular formula is C10H16O2. The van der Waals surface area contributed by atoms with Crippen molar-refractivity contribution in [2.24, 2.45) is 5.92 Å². The zero-order valence-corrected chi connectivity index (χ0v) is 7.76. The van der Waals surface area contributed by atoms with Crippen LogP contribution < -0.4 is 0 Å². The lowest BCUT2D eigenvalue weighted by molar-refractivity contribution is -0.138. The molecule has 12 heavy (non-hydrogen) atoms. The van der Waals surface area contributed by atoms with Crippen LogP contribution in [0.5, 0.6) is 0 Å². The molecule has 0 unspecified atom stereocenters. The second-order valence-electron chi connectivity index (χ2n) is 3.85. The first-order chi connectivity index (χ1) is 5.46. The van der Waals surface area contributed by atoms with Gasteiger partial charge in [0, 0.05) is 0 Å². The van der Waals surface area contributed by atoms with Gasteiger partial charge in [0.1, 0.15) is 5.60 Å². The van der Waals surface area contributed by atoms with Gasteiger partial charge in [-0.15, -0.1) is 0 Å². The van der Waals surface area contributed by atoms with Crippen molar-refractivity contribution in [3.05, 3.63) is 12.2 Å². The third kappa shape index (κ3) is 1.58. The minimum atomic E-state index is -1.07. The molecule has 2 atom stereocenters. The number of carbonyl (C=O) groups is 1. The number of ketones is 1. The van der Waals surface area contributed by atoms with E-state index in [0.717, 1.165) is 12.0 Å². The highest BCUT2D eigenvalue weighted by molar-refractivity contribution is 5.84. The van der Waals surface area contributed by atoms with E-state index in [1.165, 1.54) is 6.92 Å². The maximum atomic E-state index is 11.1. The predicted octanol–water partition coefficient (Wildman–Crippen LogP) is 1.68. The standard InChI is InChI=1S/C10H16O2/c1-7-4-5-10(12,9(3)11)6-8(7)2/h8,12H,1,4-6H2,2-3H3/t8-,10+/m1/s1. The average Bonchev–Trinajstić information content (AvgIpc) is 1.97. The van der Waals surface area contributed by atoms with Gasteiger partial charge >= 0.3 is 0 Å². The Bertz CT molecular complexity index is 220. The second kappa shape index (κ2) is 3.02. The number of carbonyl (C=O) groups excluding carboxylic acids is 1. The van der Waals surface area contributed by atoms with E-state index in [4.69, 9.17) is 0 Å². The maximum absolute atomic E-state index is 11.1. The zero-order chi connectivity index (χ0) is 9.35. The summed E-state index contributed by atoms with van der Waals surface area (Å²) in [4.78, 5) is 11.1. The predicted molar refractivity (Wildman–Crippen MR) is 47.8 cm³/mol. The van der Waals surface area contributed by atoms with Crippen LogP contribution in [0.1, 0.15) is 33.1 Å². The molecule has 0 amide bonds. The second-order valence-corrected chi connectivity index (χ2v) is 3.85. The lowest BCUT2D eigenvalue weighted by Gasteiger charge is -2.34. The SMILES string of the molecule is C=C1CC[C@@](O)(C(C)=O)C[C@H]1C. The van der Waals surface area contributed by atoms with E-state index in [2.05, 4.69) is 6.58 Å². The summed E-state index contributed by atoms with van der Waals surface area (Å²) in [6.45, 7) is 7.37. The number of aliphatic hydroxyl groups is 1. The van der Waals surface area contributed by atoms with Crippen LogP contribution in [0.15, 0.2) is 12.2 Å². The number of hydrogen-bond acceptors (Lipinski definition) is 2. The van der Waals surface area contributed by atoms with Crippen LogP contribution >= 0.6 is 0 Å². The van der Waals surface area contributed by atoms with Crippen molar-refractivity contribution in [3.63, 3.8) is 0 Å². The summed E-state index contributed by atoms with van der Waals surface area (Å²) in [5, 5.41) is 9.85. The molecule has 0 radical (unpaired) electrons. The van der Waals surface area contributed by atoms with Gasteiger partial charge in [0.2, 0.25) is 0 Å². The number of hydrogen-bond donors (Lipinski definition) is 1. The van der Waals surface area contributed by atoms with Crippen LogP contribution in [0, 0.1) is 5.92 Å². The molecule has 0 aromatic heterocycles. The molecular weight excluding hydrogens is 152 g/mol. The molecule has 0 aromatic carbocycles. The molecule has 0 bridgehead atoms. The van der Waals surface area contributed by atoms with Gasteiger partial charge in [0.25, 0.3) is 0 Å². The quantitative estimate of drug-likeness (QED) is 0.605. The lowest BCUT2D eigenvalue weighted by Crippen LogP contribution is -2.41. The highest BCUT2D eigenvalue weighted by atomic mass is 16.3. The highest BCUT2D eigenvalue weighted by Gasteiger charge is 2.37. The molecule has 0 aromatic rings. The van der Waals surface area contributed by atoms with E-state index >= 15 is 0 Å². The number of rotatable bonds is 1. The summed E-state index contributed by atoms with van der Waals surface area (Å²) < 4.78 is 0. The summed E-state index contributed by atoms with van der Waals surface area (Å²) in [7, 11) is 0. The van der Waals surface area contributed by atoms with Crippen LogP contribution in [0.3, 0.4) is 0 Å². The van der Waals surface area contributed by atoms with Gasteiger partial charge in [0.15, 0.2) is 5.78 Å². The topological polar surface area (TPSA) is 37.3 Å². The summed E-state index contributed by atoms with van der Waals surface area (Å²) >= 11 is 0. The van der Waals surface area contributed by atoms with Crippen molar-refractivity contribution >= 4 is 5.78 Å². The van der Waals surface area contributed by atoms with Crippen molar-refractivity contribution in [1.82, 2.24) is 0 Å². The first-order valence-electron chi connectivity index (χ1n) is 4.37. The van der Waals surface area contributed by atoms with Crippen LogP contribution in [0.4, 0.5) is 0 Å². The van der Waals surface area contributed by atoms with Crippen LogP contribution in [0.2, 0.25) is 0 Å². The van der Waals surface area contributed by atoms with Gasteiger partial charge in [-0.25, -0.2) is 0 Å². The van der Waals surface area contributed by atoms with Crippen LogP contribution in [0.25, 0.3) is 0 Å². The normalized spacial score (nSPS) is 36.6. The Hall–Kier alpha value is -0.630. The van der Waals surface area contributed by atoms with Crippen molar-refractivity contribution in [2.75, 3.05) is 0 Å². The first-order valence-corrected chi connectivity index (χ1v) is 4.37. The van der Waals surface area contributed by atoms with Gasteiger partial charge in [0.05, 0.1) is 0 Å². The molecule has 1 aliphatic rings. The summed E-state index contributed by atoms with van der Waals surface area (Å²) in [6.07, 6.45) is 1.86. The maximum Gasteiger partial charge on any atom is 0.161 e. The molecule has 2 heteroatoms. The van der Waals surface area contributed by atoms with Crippen LogP contribution in [-0.4, -0.2) is 16.5 Å². The third-order valence-corrected chi connectivity index (χ3v) is 2.86. The van der Waals surface area contributed by atoms with Crippen molar-refractivity contribution in [3.8, 4) is 0 Å². The lowest BCUT2D eigenvalue weighted by atomic mass is 9.75. The molecule has 1 N–H and O–H groups in total. The van der Waals surface area contributed by atoms with E-state index in [1.54, 1.807) is 0 Å². The molecule has 0 heterocycles. The van der Waals surface area contributed by atoms with E-state index in [-0.39, 0.29) is 11.7 Å². The Kier molecular flexibility index (Phi) is 2.38. The van der Waals surface area contributed by atoms with Crippen molar-refractivity contribution < 1.29 is 9.90 Å². The Morgan fingerprint density at radius 3 is 2.75 bits per heavy atom. The molecule has 0 aliphatic heterocycles. The van der Waals surface area contributed by atoms with E-state index < -0.39 is 5.60 Å². The van der Waals surface area contributed by atoms with Crippen molar-refractivity contribution in [1.29, 1.82) is 0 Å². The average molecular weight is 168 g/mol. The number of Topliss-reactive ketones (excluding diaryl/α,β-unsaturated/α-hetero) is 1. The Labute approximate surface area is 73.3 Å². The fraction of sp³-hybridized carbons (Fsp3) is 0.700. The molecule has 0 saturated heterocycles. The highest BCUT2D eigenvalue weighted by Crippen LogP contribution is 2.35. The largest absolute Gasteiger partial charge is 0.382 e. The monoisotopic (exact) mass is 168 g/mol. The number of allylic oxidation sites excluding steroid dienone is 1. The Morgan fingerprint density at radius 2 is 2.33 bits per heavy atom. The smallest absolute Gasteiger partial charge is 0.161 e. The van der Waals surface area contributed by atoms with Crippen LogP contribution in [-0.2, 0) is 4.79 Å². The zero-order valence-electron chi connectivity index (χ0n) is 7.76. The summed E-state index contributed by atoms with van der Waals surface area (Å²) in [5.41, 5.74) is 0.0848. The van der Waals surface area contributed by atoms with Gasteiger partial charge in [-0.2, -0.15) is 0 Å².